The van der Waals surface area contributed by atoms with Crippen molar-refractivity contribution in [3.63, 3.8) is 0 Å². The van der Waals surface area contributed by atoms with Crippen molar-refractivity contribution < 1.29 is 9.53 Å². The van der Waals surface area contributed by atoms with Gasteiger partial charge < -0.3 is 10.1 Å². The van der Waals surface area contributed by atoms with Gasteiger partial charge in [-0.05, 0) is 31.5 Å². The van der Waals surface area contributed by atoms with E-state index < -0.39 is 0 Å². The number of nitrogens with one attached hydrogen (secondary N) is 1. The first-order chi connectivity index (χ1) is 11.6. The maximum absolute atomic E-state index is 12.2. The monoisotopic (exact) mass is 327 g/mol. The number of morpholine rings is 1. The quantitative estimate of drug-likeness (QED) is 0.913. The molecule has 3 rings (SSSR count). The van der Waals surface area contributed by atoms with Crippen LogP contribution >= 0.6 is 0 Å². The Bertz CT molecular complexity index is 704. The minimum atomic E-state index is 0.0415. The van der Waals surface area contributed by atoms with Crippen LogP contribution in [0.1, 0.15) is 19.4 Å². The first-order valence-corrected chi connectivity index (χ1v) is 8.57. The van der Waals surface area contributed by atoms with E-state index in [2.05, 4.69) is 29.0 Å². The summed E-state index contributed by atoms with van der Waals surface area (Å²) in [6.07, 6.45) is 2.15. The summed E-state index contributed by atoms with van der Waals surface area (Å²) in [5.41, 5.74) is 1.90. The van der Waals surface area contributed by atoms with E-state index in [9.17, 15) is 4.79 Å². The van der Waals surface area contributed by atoms with Gasteiger partial charge in [0, 0.05) is 36.8 Å². The second-order valence-electron chi connectivity index (χ2n) is 6.53. The van der Waals surface area contributed by atoms with Crippen molar-refractivity contribution in [2.75, 3.05) is 26.3 Å². The highest BCUT2D eigenvalue weighted by Crippen LogP contribution is 2.13. The van der Waals surface area contributed by atoms with Gasteiger partial charge >= 0.3 is 0 Å². The Hall–Kier alpha value is -1.98. The molecule has 0 radical (unpaired) electrons. The summed E-state index contributed by atoms with van der Waals surface area (Å²) in [5.74, 6) is 0.0415. The Kier molecular flexibility index (Phi) is 5.43. The van der Waals surface area contributed by atoms with Gasteiger partial charge in [0.2, 0.25) is 5.91 Å². The van der Waals surface area contributed by atoms with Gasteiger partial charge in [-0.3, -0.25) is 14.7 Å². The predicted molar refractivity (Wildman–Crippen MR) is 94.9 cm³/mol. The number of pyridine rings is 1. The minimum absolute atomic E-state index is 0.0415. The lowest BCUT2D eigenvalue weighted by Crippen LogP contribution is -2.52. The van der Waals surface area contributed by atoms with Crippen molar-refractivity contribution >= 4 is 16.8 Å². The molecule has 1 saturated heterocycles. The Morgan fingerprint density at radius 2 is 2.29 bits per heavy atom. The Morgan fingerprint density at radius 1 is 1.46 bits per heavy atom. The third-order valence-electron chi connectivity index (χ3n) is 4.59. The lowest BCUT2D eigenvalue weighted by molar-refractivity contribution is -0.120. The van der Waals surface area contributed by atoms with Gasteiger partial charge in [-0.25, -0.2) is 0 Å². The van der Waals surface area contributed by atoms with Crippen molar-refractivity contribution in [2.45, 2.75) is 32.4 Å². The largest absolute Gasteiger partial charge is 0.379 e. The molecule has 1 N–H and O–H groups in total. The summed E-state index contributed by atoms with van der Waals surface area (Å²) in [5, 5.41) is 4.12. The van der Waals surface area contributed by atoms with Gasteiger partial charge in [0.05, 0.1) is 25.2 Å². The summed E-state index contributed by atoms with van der Waals surface area (Å²) in [4.78, 5) is 19.0. The molecule has 0 spiro atoms. The van der Waals surface area contributed by atoms with Crippen LogP contribution in [0.2, 0.25) is 0 Å². The summed E-state index contributed by atoms with van der Waals surface area (Å²) >= 11 is 0. The third kappa shape index (κ3) is 4.10. The van der Waals surface area contributed by atoms with Crippen LogP contribution in [0.5, 0.6) is 0 Å². The maximum Gasteiger partial charge on any atom is 0.224 e. The first kappa shape index (κ1) is 16.9. The van der Waals surface area contributed by atoms with Gasteiger partial charge in [-0.15, -0.1) is 0 Å². The second-order valence-corrected chi connectivity index (χ2v) is 6.53. The number of para-hydroxylation sites is 1. The van der Waals surface area contributed by atoms with E-state index in [0.717, 1.165) is 36.2 Å². The number of hydrogen-bond acceptors (Lipinski definition) is 4. The molecule has 1 aromatic heterocycles. The van der Waals surface area contributed by atoms with Gasteiger partial charge in [0.1, 0.15) is 0 Å². The molecule has 0 saturated carbocycles. The molecule has 1 aromatic carbocycles. The minimum Gasteiger partial charge on any atom is -0.379 e. The number of nitrogens with zero attached hydrogens (tertiary/aromatic N) is 2. The highest BCUT2D eigenvalue weighted by molar-refractivity contribution is 5.82. The van der Waals surface area contributed by atoms with E-state index in [4.69, 9.17) is 4.74 Å². The van der Waals surface area contributed by atoms with E-state index >= 15 is 0 Å². The molecule has 24 heavy (non-hydrogen) atoms. The highest BCUT2D eigenvalue weighted by atomic mass is 16.5. The summed E-state index contributed by atoms with van der Waals surface area (Å²) < 4.78 is 5.47. The third-order valence-corrected chi connectivity index (χ3v) is 4.59. The smallest absolute Gasteiger partial charge is 0.224 e. The fraction of sp³-hybridized carbons (Fsp3) is 0.474. The van der Waals surface area contributed by atoms with E-state index in [-0.39, 0.29) is 5.91 Å². The fourth-order valence-corrected chi connectivity index (χ4v) is 3.23. The summed E-state index contributed by atoms with van der Waals surface area (Å²) in [6, 6.07) is 10.7. The SMILES string of the molecule is C[C@H](CNC(=O)Cc1cnc2ccccc2c1)N1CCOC[C@@H]1C. The van der Waals surface area contributed by atoms with Gasteiger partial charge in [0.15, 0.2) is 0 Å². The molecule has 0 aliphatic carbocycles. The molecule has 5 nitrogen and oxygen atoms in total. The molecular weight excluding hydrogens is 302 g/mol. The fourth-order valence-electron chi connectivity index (χ4n) is 3.23. The zero-order valence-electron chi connectivity index (χ0n) is 14.4. The Labute approximate surface area is 143 Å². The molecule has 2 atom stereocenters. The van der Waals surface area contributed by atoms with Crippen molar-refractivity contribution in [3.8, 4) is 0 Å². The van der Waals surface area contributed by atoms with Crippen LogP contribution in [0.15, 0.2) is 36.5 Å². The second kappa shape index (κ2) is 7.73. The van der Waals surface area contributed by atoms with Crippen LogP contribution in [0.3, 0.4) is 0 Å². The van der Waals surface area contributed by atoms with Crippen LogP contribution in [0.25, 0.3) is 10.9 Å². The number of fused-ring (bicyclic) bond motifs is 1. The van der Waals surface area contributed by atoms with E-state index in [1.54, 1.807) is 6.20 Å². The Morgan fingerprint density at radius 3 is 3.12 bits per heavy atom. The van der Waals surface area contributed by atoms with Gasteiger partial charge in [0.25, 0.3) is 0 Å². The number of hydrogen-bond donors (Lipinski definition) is 1. The molecule has 0 unspecified atom stereocenters. The summed E-state index contributed by atoms with van der Waals surface area (Å²) in [6.45, 7) is 7.43. The van der Waals surface area contributed by atoms with Crippen LogP contribution in [-0.2, 0) is 16.0 Å². The number of ether oxygens (including phenoxy) is 1. The predicted octanol–water partition coefficient (Wildman–Crippen LogP) is 2.00. The topological polar surface area (TPSA) is 54.5 Å². The van der Waals surface area contributed by atoms with Crippen LogP contribution in [0, 0.1) is 0 Å². The Balaban J connectivity index is 1.53. The average molecular weight is 327 g/mol. The molecule has 1 aliphatic rings. The molecule has 0 bridgehead atoms. The van der Waals surface area contributed by atoms with Crippen molar-refractivity contribution in [1.82, 2.24) is 15.2 Å². The molecule has 1 amide bonds. The molecule has 5 heteroatoms. The van der Waals surface area contributed by atoms with E-state index in [0.29, 0.717) is 25.0 Å². The van der Waals surface area contributed by atoms with Gasteiger partial charge in [-0.1, -0.05) is 18.2 Å². The maximum atomic E-state index is 12.2. The van der Waals surface area contributed by atoms with Crippen LogP contribution < -0.4 is 5.32 Å². The van der Waals surface area contributed by atoms with E-state index in [1.165, 1.54) is 0 Å². The summed E-state index contributed by atoms with van der Waals surface area (Å²) in [7, 11) is 0. The molecule has 2 heterocycles. The van der Waals surface area contributed by atoms with Crippen LogP contribution in [0.4, 0.5) is 0 Å². The highest BCUT2D eigenvalue weighted by Gasteiger charge is 2.23. The molecule has 128 valence electrons. The zero-order chi connectivity index (χ0) is 16.9. The molecule has 1 aliphatic heterocycles. The number of benzene rings is 1. The molecular formula is C19H25N3O2. The lowest BCUT2D eigenvalue weighted by Gasteiger charge is -2.37. The van der Waals surface area contributed by atoms with Crippen LogP contribution in [-0.4, -0.2) is 54.2 Å². The number of amides is 1. The standard InChI is InChI=1S/C19H25N3O2/c1-14(22-7-8-24-13-15(22)2)11-21-19(23)10-16-9-17-5-3-4-6-18(17)20-12-16/h3-6,9,12,14-15H,7-8,10-11,13H2,1-2H3,(H,21,23)/t14-,15+/m1/s1. The number of carbonyl (C=O) groups excluding carboxylic acids is 1. The van der Waals surface area contributed by atoms with Crippen molar-refractivity contribution in [1.29, 1.82) is 0 Å². The lowest BCUT2D eigenvalue weighted by atomic mass is 10.1. The normalized spacial score (nSPS) is 20.0. The average Bonchev–Trinajstić information content (AvgIpc) is 2.60. The molecule has 1 fully saturated rings. The van der Waals surface area contributed by atoms with Crippen molar-refractivity contribution in [3.05, 3.63) is 42.1 Å². The first-order valence-electron chi connectivity index (χ1n) is 8.57. The zero-order valence-corrected chi connectivity index (χ0v) is 14.4. The number of rotatable bonds is 5. The number of carbonyl (C=O) groups is 1. The number of aromatic nitrogens is 1. The van der Waals surface area contributed by atoms with E-state index in [1.807, 2.05) is 30.3 Å². The van der Waals surface area contributed by atoms with Gasteiger partial charge in [-0.2, -0.15) is 0 Å². The van der Waals surface area contributed by atoms with Crippen molar-refractivity contribution in [2.24, 2.45) is 0 Å². The molecule has 2 aromatic rings.